The first-order valence-corrected chi connectivity index (χ1v) is 6.98. The van der Waals surface area contributed by atoms with Gasteiger partial charge in [-0.05, 0) is 18.1 Å². The number of nitrogens with zero attached hydrogens (tertiary/aromatic N) is 3. The molecule has 4 nitrogen and oxygen atoms in total. The van der Waals surface area contributed by atoms with Crippen LogP contribution >= 0.6 is 0 Å². The zero-order chi connectivity index (χ0) is 14.1. The zero-order valence-corrected chi connectivity index (χ0v) is 12.0. The highest BCUT2D eigenvalue weighted by atomic mass is 16.5. The van der Waals surface area contributed by atoms with Gasteiger partial charge in [-0.3, -0.25) is 0 Å². The monoisotopic (exact) mass is 269 g/mol. The van der Waals surface area contributed by atoms with Crippen LogP contribution in [0.4, 0.5) is 5.69 Å². The zero-order valence-electron chi connectivity index (χ0n) is 12.0. The second kappa shape index (κ2) is 5.21. The first kappa shape index (κ1) is 13.1. The van der Waals surface area contributed by atoms with E-state index >= 15 is 0 Å². The maximum Gasteiger partial charge on any atom is 0.128 e. The smallest absolute Gasteiger partial charge is 0.128 e. The molecule has 3 heterocycles. The Morgan fingerprint density at radius 1 is 1.45 bits per heavy atom. The molecule has 0 aromatic carbocycles. The first-order valence-electron chi connectivity index (χ1n) is 6.98. The molecule has 0 spiro atoms. The van der Waals surface area contributed by atoms with E-state index in [0.29, 0.717) is 6.61 Å². The van der Waals surface area contributed by atoms with E-state index in [1.54, 1.807) is 0 Å². The predicted molar refractivity (Wildman–Crippen MR) is 80.4 cm³/mol. The maximum atomic E-state index is 5.40. The quantitative estimate of drug-likeness (QED) is 0.827. The van der Waals surface area contributed by atoms with Crippen molar-refractivity contribution in [2.24, 2.45) is 0 Å². The average Bonchev–Trinajstić information content (AvgIpc) is 2.51. The molecule has 0 N–H and O–H groups in total. The van der Waals surface area contributed by atoms with Crippen LogP contribution in [0.25, 0.3) is 5.57 Å². The Labute approximate surface area is 119 Å². The molecule has 1 aromatic rings. The van der Waals surface area contributed by atoms with Crippen LogP contribution in [-0.4, -0.2) is 30.2 Å². The molecule has 2 aliphatic rings. The molecule has 3 rings (SSSR count). The van der Waals surface area contributed by atoms with Crippen molar-refractivity contribution in [3.63, 3.8) is 0 Å². The molecule has 2 aliphatic heterocycles. The predicted octanol–water partition coefficient (Wildman–Crippen LogP) is 2.73. The fourth-order valence-electron chi connectivity index (χ4n) is 2.53. The first-order chi connectivity index (χ1) is 9.70. The Hall–Kier alpha value is -1.94. The van der Waals surface area contributed by atoms with Gasteiger partial charge in [0.2, 0.25) is 0 Å². The van der Waals surface area contributed by atoms with Crippen LogP contribution in [0.1, 0.15) is 24.9 Å². The summed E-state index contributed by atoms with van der Waals surface area (Å²) in [6.07, 6.45) is 7.93. The average molecular weight is 269 g/mol. The highest BCUT2D eigenvalue weighted by molar-refractivity contribution is 5.89. The van der Waals surface area contributed by atoms with Gasteiger partial charge in [0, 0.05) is 24.7 Å². The van der Waals surface area contributed by atoms with Crippen molar-refractivity contribution in [3.8, 4) is 0 Å². The van der Waals surface area contributed by atoms with E-state index in [2.05, 4.69) is 30.6 Å². The van der Waals surface area contributed by atoms with Gasteiger partial charge in [0.15, 0.2) is 0 Å². The van der Waals surface area contributed by atoms with Gasteiger partial charge in [0.25, 0.3) is 0 Å². The molecule has 1 aromatic heterocycles. The van der Waals surface area contributed by atoms with Crippen molar-refractivity contribution in [3.05, 3.63) is 47.7 Å². The lowest BCUT2D eigenvalue weighted by Gasteiger charge is -2.29. The Kier molecular flexibility index (Phi) is 3.40. The Morgan fingerprint density at radius 2 is 2.30 bits per heavy atom. The number of allylic oxidation sites excluding steroid dienone is 2. The van der Waals surface area contributed by atoms with Gasteiger partial charge in [-0.15, -0.1) is 0 Å². The molecule has 0 saturated carbocycles. The minimum absolute atomic E-state index is 0.677. The minimum atomic E-state index is 0.677. The molecule has 0 amide bonds. The lowest BCUT2D eigenvalue weighted by atomic mass is 9.94. The van der Waals surface area contributed by atoms with Gasteiger partial charge in [0.05, 0.1) is 30.8 Å². The second-order valence-corrected chi connectivity index (χ2v) is 5.04. The third-order valence-corrected chi connectivity index (χ3v) is 3.80. The molecular weight excluding hydrogens is 250 g/mol. The van der Waals surface area contributed by atoms with Gasteiger partial charge < -0.3 is 9.64 Å². The lowest BCUT2D eigenvalue weighted by Crippen LogP contribution is -2.22. The van der Waals surface area contributed by atoms with E-state index < -0.39 is 0 Å². The van der Waals surface area contributed by atoms with Crippen LogP contribution in [0.2, 0.25) is 0 Å². The summed E-state index contributed by atoms with van der Waals surface area (Å²) in [5, 5.41) is 0. The summed E-state index contributed by atoms with van der Waals surface area (Å²) in [4.78, 5) is 11.2. The summed E-state index contributed by atoms with van der Waals surface area (Å²) in [5.41, 5.74) is 5.47. The SMILES string of the molecule is C=C1C=C(C2=CCOCC2)c2nc(CC)ncc2N1C. The highest BCUT2D eigenvalue weighted by Gasteiger charge is 2.24. The number of fused-ring (bicyclic) bond motifs is 1. The Morgan fingerprint density at radius 3 is 3.00 bits per heavy atom. The number of hydrogen-bond acceptors (Lipinski definition) is 4. The lowest BCUT2D eigenvalue weighted by molar-refractivity contribution is 0.156. The molecule has 20 heavy (non-hydrogen) atoms. The van der Waals surface area contributed by atoms with Crippen molar-refractivity contribution >= 4 is 11.3 Å². The number of anilines is 1. The third-order valence-electron chi connectivity index (χ3n) is 3.80. The molecule has 0 bridgehead atoms. The standard InChI is InChI=1S/C16H19N3O/c1-4-15-17-10-14-16(18-15)13(9-11(2)19(14)3)12-5-7-20-8-6-12/h5,9-10H,2,4,6-8H2,1,3H3. The number of likely N-dealkylation sites (N-methyl/N-ethyl adjacent to an activating group) is 1. The molecule has 0 saturated heterocycles. The van der Waals surface area contributed by atoms with Crippen LogP contribution in [0, 0.1) is 0 Å². The number of aromatic nitrogens is 2. The highest BCUT2D eigenvalue weighted by Crippen LogP contribution is 2.37. The van der Waals surface area contributed by atoms with Gasteiger partial charge in [0.1, 0.15) is 5.82 Å². The van der Waals surface area contributed by atoms with Gasteiger partial charge >= 0.3 is 0 Å². The summed E-state index contributed by atoms with van der Waals surface area (Å²) < 4.78 is 5.40. The van der Waals surface area contributed by atoms with Gasteiger partial charge in [-0.2, -0.15) is 0 Å². The Balaban J connectivity index is 2.13. The van der Waals surface area contributed by atoms with Gasteiger partial charge in [-0.1, -0.05) is 19.6 Å². The molecule has 0 unspecified atom stereocenters. The summed E-state index contributed by atoms with van der Waals surface area (Å²) >= 11 is 0. The molecule has 0 atom stereocenters. The van der Waals surface area contributed by atoms with E-state index in [9.17, 15) is 0 Å². The molecule has 0 radical (unpaired) electrons. The Bertz CT molecular complexity index is 616. The van der Waals surface area contributed by atoms with Crippen molar-refractivity contribution in [1.29, 1.82) is 0 Å². The molecule has 4 heteroatoms. The largest absolute Gasteiger partial charge is 0.377 e. The maximum absolute atomic E-state index is 5.40. The second-order valence-electron chi connectivity index (χ2n) is 5.04. The summed E-state index contributed by atoms with van der Waals surface area (Å²) in [6.45, 7) is 7.64. The summed E-state index contributed by atoms with van der Waals surface area (Å²) in [5.74, 6) is 0.878. The molecule has 0 aliphatic carbocycles. The minimum Gasteiger partial charge on any atom is -0.377 e. The summed E-state index contributed by atoms with van der Waals surface area (Å²) in [6, 6.07) is 0. The van der Waals surface area contributed by atoms with E-state index in [-0.39, 0.29) is 0 Å². The van der Waals surface area contributed by atoms with Crippen molar-refractivity contribution in [1.82, 2.24) is 9.97 Å². The van der Waals surface area contributed by atoms with Crippen LogP contribution in [0.15, 0.2) is 36.2 Å². The van der Waals surface area contributed by atoms with Crippen LogP contribution in [0.3, 0.4) is 0 Å². The number of rotatable bonds is 2. The fourth-order valence-corrected chi connectivity index (χ4v) is 2.53. The third kappa shape index (κ3) is 2.16. The van der Waals surface area contributed by atoms with Crippen molar-refractivity contribution < 1.29 is 4.74 Å². The molecular formula is C16H19N3O. The van der Waals surface area contributed by atoms with Crippen molar-refractivity contribution in [2.75, 3.05) is 25.2 Å². The van der Waals surface area contributed by atoms with Crippen LogP contribution < -0.4 is 4.90 Å². The van der Waals surface area contributed by atoms with Crippen molar-refractivity contribution in [2.45, 2.75) is 19.8 Å². The molecule has 104 valence electrons. The topological polar surface area (TPSA) is 38.3 Å². The van der Waals surface area contributed by atoms with E-state index in [4.69, 9.17) is 9.72 Å². The number of ether oxygens (including phenoxy) is 1. The molecule has 0 fully saturated rings. The normalized spacial score (nSPS) is 18.5. The van der Waals surface area contributed by atoms with E-state index in [1.165, 1.54) is 11.1 Å². The van der Waals surface area contributed by atoms with Crippen LogP contribution in [0.5, 0.6) is 0 Å². The fraction of sp³-hybridized carbons (Fsp3) is 0.375. The van der Waals surface area contributed by atoms with E-state index in [0.717, 1.165) is 42.4 Å². The van der Waals surface area contributed by atoms with E-state index in [1.807, 2.05) is 18.1 Å². The summed E-state index contributed by atoms with van der Waals surface area (Å²) in [7, 11) is 2.00. The van der Waals surface area contributed by atoms with Gasteiger partial charge in [-0.25, -0.2) is 9.97 Å². The number of aryl methyl sites for hydroxylation is 1. The number of hydrogen-bond donors (Lipinski definition) is 0. The van der Waals surface area contributed by atoms with Crippen LogP contribution in [-0.2, 0) is 11.2 Å².